The fourth-order valence-corrected chi connectivity index (χ4v) is 4.09. The van der Waals surface area contributed by atoms with Crippen molar-refractivity contribution in [1.82, 2.24) is 15.2 Å². The van der Waals surface area contributed by atoms with Crippen molar-refractivity contribution in [2.24, 2.45) is 11.3 Å². The number of rotatable bonds is 8. The predicted molar refractivity (Wildman–Crippen MR) is 91.7 cm³/mol. The number of hydrogen-bond acceptors (Lipinski definition) is 4. The maximum absolute atomic E-state index is 4.42. The lowest BCUT2D eigenvalue weighted by Crippen LogP contribution is -2.44. The largest absolute Gasteiger partial charge is 0.316 e. The lowest BCUT2D eigenvalue weighted by atomic mass is 9.73. The number of hydrogen-bond donors (Lipinski definition) is 1. The summed E-state index contributed by atoms with van der Waals surface area (Å²) in [5.41, 5.74) is 3.62. The smallest absolute Gasteiger partial charge is 0.0795 e. The first-order chi connectivity index (χ1) is 10.1. The van der Waals surface area contributed by atoms with Gasteiger partial charge in [0, 0.05) is 25.0 Å². The van der Waals surface area contributed by atoms with E-state index in [9.17, 15) is 0 Å². The van der Waals surface area contributed by atoms with Gasteiger partial charge in [-0.2, -0.15) is 0 Å². The van der Waals surface area contributed by atoms with Crippen LogP contribution in [0.15, 0.2) is 10.9 Å². The van der Waals surface area contributed by atoms with Crippen LogP contribution in [-0.4, -0.2) is 36.6 Å². The summed E-state index contributed by atoms with van der Waals surface area (Å²) in [6, 6.07) is 0. The Hall–Kier alpha value is -0.450. The zero-order valence-electron chi connectivity index (χ0n) is 13.9. The molecular formula is C17H31N3S. The van der Waals surface area contributed by atoms with Crippen LogP contribution >= 0.6 is 11.3 Å². The molecule has 4 heteroatoms. The van der Waals surface area contributed by atoms with Gasteiger partial charge in [-0.1, -0.05) is 33.1 Å². The van der Waals surface area contributed by atoms with Crippen molar-refractivity contribution in [1.29, 1.82) is 0 Å². The average molecular weight is 310 g/mol. The molecule has 2 rings (SSSR count). The fourth-order valence-electron chi connectivity index (χ4n) is 3.54. The van der Waals surface area contributed by atoms with Crippen LogP contribution in [0.1, 0.15) is 51.6 Å². The monoisotopic (exact) mass is 309 g/mol. The molecule has 1 fully saturated rings. The van der Waals surface area contributed by atoms with Gasteiger partial charge >= 0.3 is 0 Å². The van der Waals surface area contributed by atoms with Crippen LogP contribution < -0.4 is 5.32 Å². The summed E-state index contributed by atoms with van der Waals surface area (Å²) in [4.78, 5) is 6.89. The average Bonchev–Trinajstić information content (AvgIpc) is 2.91. The standard InChI is InChI=1S/C17H31N3S/c1-15(2)9-18-12-17(7-5-4-6-8-17)13-20(3)10-16-11-21-14-19-16/h11,14-15,18H,4-10,12-13H2,1-3H3. The second-order valence-corrected chi connectivity index (χ2v) is 7.96. The van der Waals surface area contributed by atoms with Crippen molar-refractivity contribution in [3.05, 3.63) is 16.6 Å². The number of nitrogens with zero attached hydrogens (tertiary/aromatic N) is 2. The molecular weight excluding hydrogens is 278 g/mol. The van der Waals surface area contributed by atoms with Crippen molar-refractivity contribution in [3.8, 4) is 0 Å². The van der Waals surface area contributed by atoms with Crippen molar-refractivity contribution in [2.75, 3.05) is 26.7 Å². The SMILES string of the molecule is CC(C)CNCC1(CN(C)Cc2cscn2)CCCCC1. The molecule has 0 aromatic carbocycles. The van der Waals surface area contributed by atoms with Gasteiger partial charge in [-0.15, -0.1) is 11.3 Å². The molecule has 3 nitrogen and oxygen atoms in total. The van der Waals surface area contributed by atoms with Crippen LogP contribution in [0.4, 0.5) is 0 Å². The topological polar surface area (TPSA) is 28.2 Å². The van der Waals surface area contributed by atoms with E-state index in [0.717, 1.165) is 19.0 Å². The molecule has 1 saturated carbocycles. The van der Waals surface area contributed by atoms with Crippen LogP contribution in [0, 0.1) is 11.3 Å². The highest BCUT2D eigenvalue weighted by molar-refractivity contribution is 7.07. The Morgan fingerprint density at radius 2 is 2.10 bits per heavy atom. The van der Waals surface area contributed by atoms with Gasteiger partial charge in [0.1, 0.15) is 0 Å². The van der Waals surface area contributed by atoms with Gasteiger partial charge in [0.15, 0.2) is 0 Å². The van der Waals surface area contributed by atoms with Gasteiger partial charge in [0.25, 0.3) is 0 Å². The van der Waals surface area contributed by atoms with E-state index in [0.29, 0.717) is 5.41 Å². The molecule has 1 aromatic heterocycles. The number of thiazole rings is 1. The summed E-state index contributed by atoms with van der Waals surface area (Å²) < 4.78 is 0. The minimum absolute atomic E-state index is 0.470. The molecule has 0 radical (unpaired) electrons. The lowest BCUT2D eigenvalue weighted by molar-refractivity contribution is 0.112. The van der Waals surface area contributed by atoms with E-state index in [-0.39, 0.29) is 0 Å². The Morgan fingerprint density at radius 1 is 1.33 bits per heavy atom. The Bertz CT molecular complexity index is 383. The third-order valence-corrected chi connectivity index (χ3v) is 5.12. The van der Waals surface area contributed by atoms with Crippen LogP contribution in [0.3, 0.4) is 0 Å². The third-order valence-electron chi connectivity index (χ3n) is 4.49. The molecule has 1 heterocycles. The van der Waals surface area contributed by atoms with Crippen molar-refractivity contribution < 1.29 is 0 Å². The highest BCUT2D eigenvalue weighted by atomic mass is 32.1. The first kappa shape index (κ1) is 16.9. The maximum atomic E-state index is 4.42. The molecule has 0 aliphatic heterocycles. The van der Waals surface area contributed by atoms with Gasteiger partial charge in [-0.25, -0.2) is 4.98 Å². The van der Waals surface area contributed by atoms with Gasteiger partial charge in [-0.3, -0.25) is 4.90 Å². The summed E-state index contributed by atoms with van der Waals surface area (Å²) in [5.74, 6) is 0.735. The molecule has 0 spiro atoms. The quantitative estimate of drug-likeness (QED) is 0.792. The van der Waals surface area contributed by atoms with E-state index in [1.54, 1.807) is 11.3 Å². The second kappa shape index (κ2) is 8.25. The maximum Gasteiger partial charge on any atom is 0.0795 e. The fraction of sp³-hybridized carbons (Fsp3) is 0.824. The minimum Gasteiger partial charge on any atom is -0.316 e. The number of nitrogens with one attached hydrogen (secondary N) is 1. The van der Waals surface area contributed by atoms with E-state index < -0.39 is 0 Å². The Morgan fingerprint density at radius 3 is 2.71 bits per heavy atom. The van der Waals surface area contributed by atoms with E-state index in [2.05, 4.69) is 41.5 Å². The number of aromatic nitrogens is 1. The molecule has 1 aromatic rings. The molecule has 1 aliphatic carbocycles. The highest BCUT2D eigenvalue weighted by Crippen LogP contribution is 2.36. The predicted octanol–water partition coefficient (Wildman–Crippen LogP) is 3.77. The first-order valence-electron chi connectivity index (χ1n) is 8.36. The molecule has 21 heavy (non-hydrogen) atoms. The van der Waals surface area contributed by atoms with Crippen LogP contribution in [0.25, 0.3) is 0 Å². The summed E-state index contributed by atoms with van der Waals surface area (Å²) >= 11 is 1.69. The van der Waals surface area contributed by atoms with Gasteiger partial charge in [-0.05, 0) is 37.8 Å². The molecule has 0 bridgehead atoms. The normalized spacial score (nSPS) is 18.5. The van der Waals surface area contributed by atoms with Crippen molar-refractivity contribution in [2.45, 2.75) is 52.5 Å². The minimum atomic E-state index is 0.470. The van der Waals surface area contributed by atoms with Crippen LogP contribution in [0.2, 0.25) is 0 Å². The summed E-state index contributed by atoms with van der Waals surface area (Å²) in [6.07, 6.45) is 6.96. The lowest BCUT2D eigenvalue weighted by Gasteiger charge is -2.40. The zero-order chi connectivity index (χ0) is 15.1. The Labute approximate surface area is 134 Å². The summed E-state index contributed by atoms with van der Waals surface area (Å²) in [7, 11) is 2.25. The van der Waals surface area contributed by atoms with Crippen LogP contribution in [-0.2, 0) is 6.54 Å². The zero-order valence-corrected chi connectivity index (χ0v) is 14.7. The molecule has 0 saturated heterocycles. The first-order valence-corrected chi connectivity index (χ1v) is 9.30. The molecule has 1 aliphatic rings. The van der Waals surface area contributed by atoms with E-state index in [4.69, 9.17) is 0 Å². The van der Waals surface area contributed by atoms with Crippen molar-refractivity contribution >= 4 is 11.3 Å². The van der Waals surface area contributed by atoms with Crippen molar-refractivity contribution in [3.63, 3.8) is 0 Å². The van der Waals surface area contributed by atoms with Crippen LogP contribution in [0.5, 0.6) is 0 Å². The third kappa shape index (κ3) is 5.68. The summed E-state index contributed by atoms with van der Waals surface area (Å²) in [6.45, 7) is 9.05. The van der Waals surface area contributed by atoms with Gasteiger partial charge in [0.2, 0.25) is 0 Å². The Balaban J connectivity index is 1.88. The Kier molecular flexibility index (Phi) is 6.65. The molecule has 120 valence electrons. The van der Waals surface area contributed by atoms with E-state index in [1.807, 2.05) is 5.51 Å². The molecule has 0 unspecified atom stereocenters. The summed E-state index contributed by atoms with van der Waals surface area (Å²) in [5, 5.41) is 5.89. The molecule has 0 atom stereocenters. The van der Waals surface area contributed by atoms with E-state index in [1.165, 1.54) is 50.9 Å². The van der Waals surface area contributed by atoms with Gasteiger partial charge in [0.05, 0.1) is 11.2 Å². The van der Waals surface area contributed by atoms with Gasteiger partial charge < -0.3 is 5.32 Å². The molecule has 0 amide bonds. The second-order valence-electron chi connectivity index (χ2n) is 7.24. The van der Waals surface area contributed by atoms with E-state index >= 15 is 0 Å². The molecule has 1 N–H and O–H groups in total. The highest BCUT2D eigenvalue weighted by Gasteiger charge is 2.32.